The lowest BCUT2D eigenvalue weighted by Gasteiger charge is -2.22. The van der Waals surface area contributed by atoms with Gasteiger partial charge in [0.25, 0.3) is 0 Å². The van der Waals surface area contributed by atoms with Gasteiger partial charge < -0.3 is 5.32 Å². The molecule has 1 aliphatic rings. The summed E-state index contributed by atoms with van der Waals surface area (Å²) in [5.74, 6) is 0.491. The van der Waals surface area contributed by atoms with Gasteiger partial charge in [-0.1, -0.05) is 54.8 Å². The maximum absolute atomic E-state index is 12.1. The molecule has 1 N–H and O–H groups in total. The van der Waals surface area contributed by atoms with E-state index in [0.29, 0.717) is 11.8 Å². The zero-order chi connectivity index (χ0) is 17.6. The third-order valence-corrected chi connectivity index (χ3v) is 5.54. The summed E-state index contributed by atoms with van der Waals surface area (Å²) in [6.45, 7) is 4.17. The summed E-state index contributed by atoms with van der Waals surface area (Å²) in [6.07, 6.45) is 5.97. The molecular weight excluding hydrogens is 330 g/mol. The zero-order valence-electron chi connectivity index (χ0n) is 14.9. The molecule has 1 heterocycles. The Morgan fingerprint density at radius 1 is 1.12 bits per heavy atom. The van der Waals surface area contributed by atoms with Gasteiger partial charge in [0.15, 0.2) is 0 Å². The summed E-state index contributed by atoms with van der Waals surface area (Å²) in [4.78, 5) is 12.1. The fraction of sp³-hybridized carbons (Fsp3) is 0.450. The number of carbonyl (C=O) groups is 1. The van der Waals surface area contributed by atoms with Crippen LogP contribution in [-0.4, -0.2) is 27.9 Å². The number of amides is 1. The van der Waals surface area contributed by atoms with Crippen LogP contribution in [0.5, 0.6) is 0 Å². The number of rotatable bonds is 5. The molecule has 0 radical (unpaired) electrons. The van der Waals surface area contributed by atoms with E-state index in [9.17, 15) is 4.79 Å². The van der Waals surface area contributed by atoms with Crippen LogP contribution in [0.4, 0.5) is 0 Å². The molecule has 0 aliphatic heterocycles. The van der Waals surface area contributed by atoms with Gasteiger partial charge in [0.1, 0.15) is 5.03 Å². The molecule has 1 aromatic carbocycles. The van der Waals surface area contributed by atoms with E-state index in [-0.39, 0.29) is 5.91 Å². The van der Waals surface area contributed by atoms with Crippen LogP contribution >= 0.6 is 11.8 Å². The minimum atomic E-state index is 0.0946. The SMILES string of the molecule is Cc1ccc(-c2ccc(SCC(=O)NC3CCCCC3)nn2)c(C)c1. The standard InChI is InChI=1S/C20H25N3OS/c1-14-8-9-17(15(2)12-14)18-10-11-20(23-22-18)25-13-19(24)21-16-6-4-3-5-7-16/h8-12,16H,3-7,13H2,1-2H3,(H,21,24). The van der Waals surface area contributed by atoms with Gasteiger partial charge in [-0.05, 0) is 44.4 Å². The Morgan fingerprint density at radius 2 is 1.92 bits per heavy atom. The zero-order valence-corrected chi connectivity index (χ0v) is 15.7. The molecule has 0 atom stereocenters. The number of aromatic nitrogens is 2. The second kappa shape index (κ2) is 8.48. The lowest BCUT2D eigenvalue weighted by atomic mass is 9.95. The summed E-state index contributed by atoms with van der Waals surface area (Å²) in [6, 6.07) is 10.6. The number of aryl methyl sites for hydroxylation is 2. The Bertz CT molecular complexity index is 724. The second-order valence-electron chi connectivity index (χ2n) is 6.77. The highest BCUT2D eigenvalue weighted by Gasteiger charge is 2.15. The topological polar surface area (TPSA) is 54.9 Å². The summed E-state index contributed by atoms with van der Waals surface area (Å²) in [7, 11) is 0. The Labute approximate surface area is 153 Å². The smallest absolute Gasteiger partial charge is 0.230 e. The number of hydrogen-bond donors (Lipinski definition) is 1. The van der Waals surface area contributed by atoms with Gasteiger partial charge in [0.2, 0.25) is 5.91 Å². The van der Waals surface area contributed by atoms with Crippen molar-refractivity contribution in [2.75, 3.05) is 5.75 Å². The van der Waals surface area contributed by atoms with E-state index >= 15 is 0 Å². The quantitative estimate of drug-likeness (QED) is 0.813. The molecule has 4 nitrogen and oxygen atoms in total. The molecule has 25 heavy (non-hydrogen) atoms. The van der Waals surface area contributed by atoms with Crippen molar-refractivity contribution in [1.82, 2.24) is 15.5 Å². The van der Waals surface area contributed by atoms with Gasteiger partial charge in [0.05, 0.1) is 11.4 Å². The van der Waals surface area contributed by atoms with Crippen LogP contribution in [0.1, 0.15) is 43.2 Å². The van der Waals surface area contributed by atoms with E-state index < -0.39 is 0 Å². The van der Waals surface area contributed by atoms with Crippen LogP contribution < -0.4 is 5.32 Å². The van der Waals surface area contributed by atoms with Gasteiger partial charge in [-0.25, -0.2) is 0 Å². The van der Waals surface area contributed by atoms with Gasteiger partial charge >= 0.3 is 0 Å². The third kappa shape index (κ3) is 5.05. The fourth-order valence-electron chi connectivity index (χ4n) is 3.30. The molecule has 1 aromatic heterocycles. The van der Waals surface area contributed by atoms with Gasteiger partial charge in [-0.15, -0.1) is 10.2 Å². The first-order chi connectivity index (χ1) is 12.1. The lowest BCUT2D eigenvalue weighted by molar-refractivity contribution is -0.119. The van der Waals surface area contributed by atoms with Crippen molar-refractivity contribution in [2.45, 2.75) is 57.0 Å². The number of hydrogen-bond acceptors (Lipinski definition) is 4. The van der Waals surface area contributed by atoms with Crippen LogP contribution in [-0.2, 0) is 4.79 Å². The number of nitrogens with one attached hydrogen (secondary N) is 1. The molecule has 0 unspecified atom stereocenters. The summed E-state index contributed by atoms with van der Waals surface area (Å²) < 4.78 is 0. The molecular formula is C20H25N3OS. The van der Waals surface area contributed by atoms with Crippen molar-refractivity contribution < 1.29 is 4.79 Å². The Kier molecular flexibility index (Phi) is 6.08. The number of carbonyl (C=O) groups excluding carboxylic acids is 1. The van der Waals surface area contributed by atoms with Gasteiger partial charge in [-0.2, -0.15) is 0 Å². The summed E-state index contributed by atoms with van der Waals surface area (Å²) in [5.41, 5.74) is 4.41. The Morgan fingerprint density at radius 3 is 2.60 bits per heavy atom. The molecule has 132 valence electrons. The average molecular weight is 356 g/mol. The highest BCUT2D eigenvalue weighted by atomic mass is 32.2. The first-order valence-electron chi connectivity index (χ1n) is 8.95. The number of nitrogens with zero attached hydrogens (tertiary/aromatic N) is 2. The maximum Gasteiger partial charge on any atom is 0.230 e. The highest BCUT2D eigenvalue weighted by Crippen LogP contribution is 2.24. The predicted molar refractivity (Wildman–Crippen MR) is 103 cm³/mol. The first-order valence-corrected chi connectivity index (χ1v) is 9.94. The molecule has 1 saturated carbocycles. The van der Waals surface area contributed by atoms with E-state index in [0.717, 1.165) is 29.1 Å². The normalized spacial score (nSPS) is 15.1. The minimum Gasteiger partial charge on any atom is -0.353 e. The molecule has 1 aliphatic carbocycles. The van der Waals surface area contributed by atoms with E-state index in [1.165, 1.54) is 42.2 Å². The van der Waals surface area contributed by atoms with Crippen molar-refractivity contribution in [3.63, 3.8) is 0 Å². The Hall–Kier alpha value is -1.88. The molecule has 1 amide bonds. The predicted octanol–water partition coefficient (Wildman–Crippen LogP) is 4.30. The highest BCUT2D eigenvalue weighted by molar-refractivity contribution is 7.99. The number of thioether (sulfide) groups is 1. The maximum atomic E-state index is 12.1. The monoisotopic (exact) mass is 355 g/mol. The minimum absolute atomic E-state index is 0.0946. The molecule has 3 rings (SSSR count). The van der Waals surface area contributed by atoms with E-state index in [1.807, 2.05) is 12.1 Å². The van der Waals surface area contributed by atoms with E-state index in [4.69, 9.17) is 0 Å². The van der Waals surface area contributed by atoms with E-state index in [1.54, 1.807) is 0 Å². The Balaban J connectivity index is 1.54. The third-order valence-electron chi connectivity index (χ3n) is 4.62. The molecule has 1 fully saturated rings. The molecule has 0 spiro atoms. The van der Waals surface area contributed by atoms with Crippen molar-refractivity contribution >= 4 is 17.7 Å². The molecule has 0 bridgehead atoms. The largest absolute Gasteiger partial charge is 0.353 e. The van der Waals surface area contributed by atoms with Gasteiger partial charge in [-0.3, -0.25) is 4.79 Å². The first kappa shape index (κ1) is 17.9. The van der Waals surface area contributed by atoms with Crippen molar-refractivity contribution in [3.05, 3.63) is 41.5 Å². The summed E-state index contributed by atoms with van der Waals surface area (Å²) in [5, 5.41) is 12.5. The van der Waals surface area contributed by atoms with Crippen molar-refractivity contribution in [2.24, 2.45) is 0 Å². The average Bonchev–Trinajstić information content (AvgIpc) is 2.61. The van der Waals surface area contributed by atoms with Crippen LogP contribution in [0.3, 0.4) is 0 Å². The second-order valence-corrected chi connectivity index (χ2v) is 7.76. The lowest BCUT2D eigenvalue weighted by Crippen LogP contribution is -2.37. The fourth-order valence-corrected chi connectivity index (χ4v) is 3.92. The van der Waals surface area contributed by atoms with Crippen LogP contribution in [0.25, 0.3) is 11.3 Å². The summed E-state index contributed by atoms with van der Waals surface area (Å²) >= 11 is 1.44. The molecule has 5 heteroatoms. The molecule has 2 aromatic rings. The number of benzene rings is 1. The van der Waals surface area contributed by atoms with Crippen LogP contribution in [0.15, 0.2) is 35.4 Å². The van der Waals surface area contributed by atoms with Crippen molar-refractivity contribution in [3.8, 4) is 11.3 Å². The van der Waals surface area contributed by atoms with Crippen LogP contribution in [0, 0.1) is 13.8 Å². The molecule has 0 saturated heterocycles. The van der Waals surface area contributed by atoms with Crippen molar-refractivity contribution in [1.29, 1.82) is 0 Å². The van der Waals surface area contributed by atoms with Gasteiger partial charge in [0, 0.05) is 11.6 Å². The van der Waals surface area contributed by atoms with E-state index in [2.05, 4.69) is 47.6 Å². The van der Waals surface area contributed by atoms with Crippen LogP contribution in [0.2, 0.25) is 0 Å².